The molecule has 1 atom stereocenters. The first-order valence-corrected chi connectivity index (χ1v) is 11.8. The molecule has 162 valence electrons. The predicted molar refractivity (Wildman–Crippen MR) is 120 cm³/mol. The topological polar surface area (TPSA) is 126 Å². The quantitative estimate of drug-likeness (QED) is 0.471. The normalized spacial score (nSPS) is 22.7. The third-order valence-electron chi connectivity index (χ3n) is 5.21. The summed E-state index contributed by atoms with van der Waals surface area (Å²) in [5.41, 5.74) is 9.17. The van der Waals surface area contributed by atoms with Crippen LogP contribution in [-0.2, 0) is 10.0 Å². The highest BCUT2D eigenvalue weighted by molar-refractivity contribution is 7.88. The Kier molecular flexibility index (Phi) is 5.75. The maximum Gasteiger partial charge on any atom is 0.229 e. The number of para-hydroxylation sites is 1. The van der Waals surface area contributed by atoms with Crippen molar-refractivity contribution in [3.8, 4) is 5.69 Å². The van der Waals surface area contributed by atoms with Gasteiger partial charge in [0.15, 0.2) is 5.82 Å². The molecule has 0 radical (unpaired) electrons. The number of hydrogen-bond acceptors (Lipinski definition) is 6. The first-order valence-electron chi connectivity index (χ1n) is 9.92. The SMILES string of the molecule is CS(=O)(=O)NC1=CC(=[N+]2\CCC(CO)C2)/C=CC/1=N/c1cnn(-c2ccccc2)c1N. The van der Waals surface area contributed by atoms with E-state index < -0.39 is 10.0 Å². The lowest BCUT2D eigenvalue weighted by molar-refractivity contribution is -0.507. The van der Waals surface area contributed by atoms with Crippen LogP contribution in [0.15, 0.2) is 65.4 Å². The van der Waals surface area contributed by atoms with Crippen molar-refractivity contribution >= 4 is 33.0 Å². The van der Waals surface area contributed by atoms with Crippen LogP contribution in [0.5, 0.6) is 0 Å². The number of hydrogen-bond donors (Lipinski definition) is 3. The lowest BCUT2D eigenvalue weighted by atomic mass is 10.1. The number of aliphatic hydroxyl groups is 1. The van der Waals surface area contributed by atoms with Crippen LogP contribution >= 0.6 is 0 Å². The van der Waals surface area contributed by atoms with Gasteiger partial charge in [-0.25, -0.2) is 22.7 Å². The van der Waals surface area contributed by atoms with E-state index in [4.69, 9.17) is 5.73 Å². The minimum absolute atomic E-state index is 0.142. The number of aliphatic hydroxyl groups excluding tert-OH is 1. The number of nitrogens with two attached hydrogens (primary N) is 1. The Morgan fingerprint density at radius 3 is 2.77 bits per heavy atom. The zero-order valence-corrected chi connectivity index (χ0v) is 18.0. The van der Waals surface area contributed by atoms with Gasteiger partial charge in [0.2, 0.25) is 15.7 Å². The van der Waals surface area contributed by atoms with Crippen LogP contribution in [0.25, 0.3) is 5.69 Å². The van der Waals surface area contributed by atoms with Crippen LogP contribution in [0.2, 0.25) is 0 Å². The molecular weight excluding hydrogens is 416 g/mol. The van der Waals surface area contributed by atoms with E-state index in [0.717, 1.165) is 37.2 Å². The molecule has 10 heteroatoms. The molecule has 9 nitrogen and oxygen atoms in total. The number of allylic oxidation sites excluding steroid dienone is 3. The second-order valence-electron chi connectivity index (χ2n) is 7.63. The average Bonchev–Trinajstić information content (AvgIpc) is 3.36. The summed E-state index contributed by atoms with van der Waals surface area (Å²) >= 11 is 0. The van der Waals surface area contributed by atoms with Gasteiger partial charge in [0.05, 0.1) is 36.2 Å². The van der Waals surface area contributed by atoms with E-state index in [1.807, 2.05) is 36.4 Å². The van der Waals surface area contributed by atoms with Gasteiger partial charge in [-0.3, -0.25) is 4.72 Å². The standard InChI is InChI=1S/C21H24N6O3S/c1-31(29,30)25-19-11-17(26-10-9-15(13-26)14-28)7-8-18(19)24-20-12-23-27(21(20)22)16-5-3-2-4-6-16/h2-8,11-12,15,28H,9-10,13-14H2,1H3,(H2,22,23,25)/p+1. The molecule has 1 aromatic heterocycles. The summed E-state index contributed by atoms with van der Waals surface area (Å²) in [6.07, 6.45) is 8.96. The molecule has 0 spiro atoms. The molecule has 31 heavy (non-hydrogen) atoms. The summed E-state index contributed by atoms with van der Waals surface area (Å²) in [7, 11) is -3.52. The van der Waals surface area contributed by atoms with Crippen LogP contribution in [0.4, 0.5) is 11.5 Å². The van der Waals surface area contributed by atoms with Crippen molar-refractivity contribution in [1.82, 2.24) is 14.5 Å². The van der Waals surface area contributed by atoms with Crippen LogP contribution in [0, 0.1) is 5.92 Å². The van der Waals surface area contributed by atoms with Gasteiger partial charge in [-0.1, -0.05) is 18.2 Å². The van der Waals surface area contributed by atoms with Gasteiger partial charge in [0, 0.05) is 24.5 Å². The summed E-state index contributed by atoms with van der Waals surface area (Å²) in [6.45, 7) is 1.67. The van der Waals surface area contributed by atoms with Crippen molar-refractivity contribution in [1.29, 1.82) is 0 Å². The fourth-order valence-electron chi connectivity index (χ4n) is 3.66. The molecule has 1 fully saturated rings. The Balaban J connectivity index is 1.70. The van der Waals surface area contributed by atoms with Crippen molar-refractivity contribution in [3.63, 3.8) is 0 Å². The van der Waals surface area contributed by atoms with Crippen molar-refractivity contribution in [2.45, 2.75) is 6.42 Å². The second kappa shape index (κ2) is 8.48. The zero-order chi connectivity index (χ0) is 22.0. The number of nitrogen functional groups attached to an aromatic ring is 1. The van der Waals surface area contributed by atoms with E-state index in [0.29, 0.717) is 22.9 Å². The number of sulfonamides is 1. The highest BCUT2D eigenvalue weighted by Gasteiger charge is 2.28. The van der Waals surface area contributed by atoms with E-state index in [-0.39, 0.29) is 12.5 Å². The average molecular weight is 442 g/mol. The maximum absolute atomic E-state index is 12.0. The Morgan fingerprint density at radius 2 is 2.10 bits per heavy atom. The summed E-state index contributed by atoms with van der Waals surface area (Å²) in [5.74, 6) is 0.574. The fourth-order valence-corrected chi connectivity index (χ4v) is 4.22. The lowest BCUT2D eigenvalue weighted by Gasteiger charge is -2.13. The highest BCUT2D eigenvalue weighted by atomic mass is 32.2. The third-order valence-corrected chi connectivity index (χ3v) is 5.80. The van der Waals surface area contributed by atoms with Crippen LogP contribution in [0.1, 0.15) is 6.42 Å². The molecule has 4 rings (SSSR count). The Bertz CT molecular complexity index is 1210. The molecule has 1 aliphatic heterocycles. The molecule has 2 aromatic rings. The van der Waals surface area contributed by atoms with Gasteiger partial charge >= 0.3 is 0 Å². The van der Waals surface area contributed by atoms with Crippen molar-refractivity contribution in [2.75, 3.05) is 31.7 Å². The number of aliphatic imine (C=N–C) groups is 1. The van der Waals surface area contributed by atoms with Crippen LogP contribution in [-0.4, -0.2) is 65.3 Å². The largest absolute Gasteiger partial charge is 0.396 e. The summed E-state index contributed by atoms with van der Waals surface area (Å²) in [5, 5.41) is 13.7. The monoisotopic (exact) mass is 441 g/mol. The molecule has 0 amide bonds. The molecule has 4 N–H and O–H groups in total. The summed E-state index contributed by atoms with van der Waals surface area (Å²) in [4.78, 5) is 4.58. The van der Waals surface area contributed by atoms with Crippen molar-refractivity contribution in [2.24, 2.45) is 10.9 Å². The summed E-state index contributed by atoms with van der Waals surface area (Å²) in [6, 6.07) is 9.45. The molecular formula is C21H25N6O3S+. The lowest BCUT2D eigenvalue weighted by Crippen LogP contribution is -2.30. The minimum atomic E-state index is -3.52. The zero-order valence-electron chi connectivity index (χ0n) is 17.1. The maximum atomic E-state index is 12.0. The predicted octanol–water partition coefficient (Wildman–Crippen LogP) is 0.996. The molecule has 1 unspecified atom stereocenters. The Labute approximate surface area is 181 Å². The molecule has 2 heterocycles. The number of nitrogens with zero attached hydrogens (tertiary/aromatic N) is 4. The first kappa shape index (κ1) is 21.0. The van der Waals surface area contributed by atoms with Gasteiger partial charge in [-0.15, -0.1) is 0 Å². The number of rotatable bonds is 5. The van der Waals surface area contributed by atoms with Gasteiger partial charge in [-0.05, 0) is 18.2 Å². The molecule has 1 saturated heterocycles. The molecule has 0 saturated carbocycles. The minimum Gasteiger partial charge on any atom is -0.396 e. The van der Waals surface area contributed by atoms with Crippen LogP contribution in [0.3, 0.4) is 0 Å². The van der Waals surface area contributed by atoms with Crippen LogP contribution < -0.4 is 10.5 Å². The molecule has 0 bridgehead atoms. The number of benzene rings is 1. The van der Waals surface area contributed by atoms with E-state index in [9.17, 15) is 13.5 Å². The second-order valence-corrected chi connectivity index (χ2v) is 9.38. The number of aromatic nitrogens is 2. The molecule has 1 aromatic carbocycles. The van der Waals surface area contributed by atoms with Gasteiger partial charge in [-0.2, -0.15) is 5.10 Å². The van der Waals surface area contributed by atoms with E-state index in [2.05, 4.69) is 19.4 Å². The fraction of sp³-hybridized carbons (Fsp3) is 0.286. The smallest absolute Gasteiger partial charge is 0.229 e. The van der Waals surface area contributed by atoms with Gasteiger partial charge < -0.3 is 10.8 Å². The number of anilines is 1. The Hall–Kier alpha value is -3.24. The molecule has 2 aliphatic rings. The Morgan fingerprint density at radius 1 is 1.32 bits per heavy atom. The first-order chi connectivity index (χ1) is 14.8. The summed E-state index contributed by atoms with van der Waals surface area (Å²) < 4.78 is 30.2. The van der Waals surface area contributed by atoms with Gasteiger partial charge in [0.1, 0.15) is 18.8 Å². The van der Waals surface area contributed by atoms with E-state index in [1.54, 1.807) is 23.0 Å². The van der Waals surface area contributed by atoms with Crippen molar-refractivity contribution < 1.29 is 18.1 Å². The molecule has 1 aliphatic carbocycles. The van der Waals surface area contributed by atoms with Crippen molar-refractivity contribution in [3.05, 3.63) is 60.5 Å². The van der Waals surface area contributed by atoms with E-state index >= 15 is 0 Å². The number of nitrogens with one attached hydrogen (secondary N) is 1. The third kappa shape index (κ3) is 4.75. The van der Waals surface area contributed by atoms with E-state index in [1.165, 1.54) is 0 Å². The highest BCUT2D eigenvalue weighted by Crippen LogP contribution is 2.26. The van der Waals surface area contributed by atoms with Gasteiger partial charge in [0.25, 0.3) is 0 Å².